The van der Waals surface area contributed by atoms with Crippen LogP contribution in [0.3, 0.4) is 0 Å². The van der Waals surface area contributed by atoms with Crippen molar-refractivity contribution in [2.75, 3.05) is 41.7 Å². The Balaban J connectivity index is 1.42. The molecule has 31 heavy (non-hydrogen) atoms. The van der Waals surface area contributed by atoms with Gasteiger partial charge in [-0.05, 0) is 62.2 Å². The van der Waals surface area contributed by atoms with Gasteiger partial charge in [-0.15, -0.1) is 0 Å². The maximum Gasteiger partial charge on any atom is 0.446 e. The molecular formula is C20H25F3N6OS. The van der Waals surface area contributed by atoms with Crippen LogP contribution in [0.25, 0.3) is 0 Å². The molecule has 1 saturated heterocycles. The predicted octanol–water partition coefficient (Wildman–Crippen LogP) is 4.62. The number of hydrogen-bond donors (Lipinski definition) is 3. The molecule has 2 aromatic rings. The van der Waals surface area contributed by atoms with Gasteiger partial charge in [-0.25, -0.2) is 14.8 Å². The lowest BCUT2D eigenvalue weighted by molar-refractivity contribution is -0.0328. The lowest BCUT2D eigenvalue weighted by Gasteiger charge is -2.28. The van der Waals surface area contributed by atoms with Gasteiger partial charge in [0, 0.05) is 42.8 Å². The van der Waals surface area contributed by atoms with Crippen LogP contribution in [-0.4, -0.2) is 47.7 Å². The minimum absolute atomic E-state index is 0.0618. The zero-order valence-corrected chi connectivity index (χ0v) is 17.9. The van der Waals surface area contributed by atoms with E-state index < -0.39 is 11.5 Å². The molecule has 168 valence electrons. The van der Waals surface area contributed by atoms with Gasteiger partial charge in [0.25, 0.3) is 0 Å². The number of carbonyl (C=O) groups is 1. The normalized spacial score (nSPS) is 14.3. The molecule has 2 amide bonds. The Morgan fingerprint density at radius 3 is 2.48 bits per heavy atom. The van der Waals surface area contributed by atoms with Crippen molar-refractivity contribution >= 4 is 35.1 Å². The molecule has 0 atom stereocenters. The zero-order chi connectivity index (χ0) is 22.3. The molecule has 0 radical (unpaired) electrons. The van der Waals surface area contributed by atoms with Gasteiger partial charge in [0.1, 0.15) is 17.5 Å². The molecule has 1 aromatic heterocycles. The van der Waals surface area contributed by atoms with E-state index in [4.69, 9.17) is 0 Å². The van der Waals surface area contributed by atoms with Crippen LogP contribution in [0.2, 0.25) is 0 Å². The predicted molar refractivity (Wildman–Crippen MR) is 117 cm³/mol. The molecule has 1 fully saturated rings. The summed E-state index contributed by atoms with van der Waals surface area (Å²) >= 11 is -0.196. The maximum absolute atomic E-state index is 12.4. The molecule has 2 heterocycles. The van der Waals surface area contributed by atoms with Crippen LogP contribution in [0.15, 0.2) is 35.2 Å². The third-order valence-electron chi connectivity index (χ3n) is 4.57. The van der Waals surface area contributed by atoms with Crippen LogP contribution >= 0.6 is 11.8 Å². The van der Waals surface area contributed by atoms with E-state index >= 15 is 0 Å². The molecular weight excluding hydrogens is 429 g/mol. The number of rotatable bonds is 7. The molecule has 11 heteroatoms. The molecule has 3 rings (SSSR count). The number of anilines is 3. The van der Waals surface area contributed by atoms with E-state index in [2.05, 4.69) is 30.8 Å². The Labute approximate surface area is 183 Å². The van der Waals surface area contributed by atoms with Gasteiger partial charge < -0.3 is 20.9 Å². The standard InChI is InChI=1S/C20H25F3N6OS/c1-14-26-17(13-18(27-14)29-11-3-2-4-12-29)24-9-10-25-19(30)28-15-5-7-16(8-6-15)31-20(21,22)23/h5-8,13H,2-4,9-12H2,1H3,(H,24,26,27)(H2,25,28,30). The van der Waals surface area contributed by atoms with Crippen molar-refractivity contribution in [3.8, 4) is 0 Å². The highest BCUT2D eigenvalue weighted by Gasteiger charge is 2.29. The van der Waals surface area contributed by atoms with Crippen LogP contribution in [-0.2, 0) is 0 Å². The lowest BCUT2D eigenvalue weighted by atomic mass is 10.1. The van der Waals surface area contributed by atoms with Crippen LogP contribution in [0.1, 0.15) is 25.1 Å². The molecule has 0 bridgehead atoms. The zero-order valence-electron chi connectivity index (χ0n) is 17.1. The van der Waals surface area contributed by atoms with Crippen LogP contribution < -0.4 is 20.9 Å². The van der Waals surface area contributed by atoms with Crippen LogP contribution in [0, 0.1) is 6.92 Å². The summed E-state index contributed by atoms with van der Waals surface area (Å²) in [6.45, 7) is 4.64. The number of benzene rings is 1. The first kappa shape index (κ1) is 23.0. The van der Waals surface area contributed by atoms with Gasteiger partial charge in [0.05, 0.1) is 0 Å². The first-order chi connectivity index (χ1) is 14.8. The molecule has 0 saturated carbocycles. The number of carbonyl (C=O) groups excluding carboxylic acids is 1. The highest BCUT2D eigenvalue weighted by Crippen LogP contribution is 2.37. The largest absolute Gasteiger partial charge is 0.446 e. The highest BCUT2D eigenvalue weighted by atomic mass is 32.2. The second-order valence-electron chi connectivity index (χ2n) is 7.09. The van der Waals surface area contributed by atoms with Crippen molar-refractivity contribution in [2.45, 2.75) is 36.6 Å². The van der Waals surface area contributed by atoms with Gasteiger partial charge in [0.15, 0.2) is 0 Å². The Bertz CT molecular complexity index is 872. The maximum atomic E-state index is 12.4. The number of urea groups is 1. The summed E-state index contributed by atoms with van der Waals surface area (Å²) in [5.74, 6) is 2.30. The third kappa shape index (κ3) is 7.82. The molecule has 1 aliphatic heterocycles. The Morgan fingerprint density at radius 1 is 1.10 bits per heavy atom. The molecule has 3 N–H and O–H groups in total. The van der Waals surface area contributed by atoms with Gasteiger partial charge in [-0.2, -0.15) is 13.2 Å². The monoisotopic (exact) mass is 454 g/mol. The molecule has 0 aliphatic carbocycles. The molecule has 0 unspecified atom stereocenters. The molecule has 7 nitrogen and oxygen atoms in total. The highest BCUT2D eigenvalue weighted by molar-refractivity contribution is 8.00. The SMILES string of the molecule is Cc1nc(NCCNC(=O)Nc2ccc(SC(F)(F)F)cc2)cc(N2CCCCC2)n1. The molecule has 1 aliphatic rings. The van der Waals surface area contributed by atoms with E-state index in [1.54, 1.807) is 0 Å². The average molecular weight is 455 g/mol. The van der Waals surface area contributed by atoms with Crippen molar-refractivity contribution in [1.29, 1.82) is 0 Å². The summed E-state index contributed by atoms with van der Waals surface area (Å²) in [6, 6.07) is 6.96. The third-order valence-corrected chi connectivity index (χ3v) is 5.31. The van der Waals surface area contributed by atoms with Gasteiger partial charge in [0.2, 0.25) is 0 Å². The number of hydrogen-bond acceptors (Lipinski definition) is 6. The van der Waals surface area contributed by atoms with Crippen molar-refractivity contribution in [1.82, 2.24) is 15.3 Å². The minimum Gasteiger partial charge on any atom is -0.368 e. The first-order valence-electron chi connectivity index (χ1n) is 10.0. The summed E-state index contributed by atoms with van der Waals surface area (Å²) in [7, 11) is 0. The quantitative estimate of drug-likeness (QED) is 0.418. The Hall–Kier alpha value is -2.69. The fourth-order valence-corrected chi connectivity index (χ4v) is 3.75. The Morgan fingerprint density at radius 2 is 1.81 bits per heavy atom. The van der Waals surface area contributed by atoms with E-state index in [0.717, 1.165) is 31.7 Å². The van der Waals surface area contributed by atoms with E-state index in [1.165, 1.54) is 30.7 Å². The topological polar surface area (TPSA) is 82.2 Å². The van der Waals surface area contributed by atoms with Crippen molar-refractivity contribution in [3.63, 3.8) is 0 Å². The second kappa shape index (κ2) is 10.6. The van der Waals surface area contributed by atoms with E-state index in [1.807, 2.05) is 13.0 Å². The van der Waals surface area contributed by atoms with E-state index in [9.17, 15) is 18.0 Å². The fourth-order valence-electron chi connectivity index (χ4n) is 3.21. The fraction of sp³-hybridized carbons (Fsp3) is 0.450. The number of halogens is 3. The first-order valence-corrected chi connectivity index (χ1v) is 10.9. The molecule has 0 spiro atoms. The Kier molecular flexibility index (Phi) is 7.83. The summed E-state index contributed by atoms with van der Waals surface area (Å²) < 4.78 is 37.1. The number of aromatic nitrogens is 2. The lowest BCUT2D eigenvalue weighted by Crippen LogP contribution is -2.33. The van der Waals surface area contributed by atoms with Crippen LogP contribution in [0.5, 0.6) is 0 Å². The number of nitrogens with zero attached hydrogens (tertiary/aromatic N) is 3. The minimum atomic E-state index is -4.34. The summed E-state index contributed by atoms with van der Waals surface area (Å²) in [4.78, 5) is 23.2. The molecule has 1 aromatic carbocycles. The summed E-state index contributed by atoms with van der Waals surface area (Å²) in [5, 5.41) is 8.47. The van der Waals surface area contributed by atoms with Crippen molar-refractivity contribution < 1.29 is 18.0 Å². The van der Waals surface area contributed by atoms with E-state index in [-0.39, 0.29) is 16.7 Å². The van der Waals surface area contributed by atoms with E-state index in [0.29, 0.717) is 30.4 Å². The number of nitrogens with one attached hydrogen (secondary N) is 3. The van der Waals surface area contributed by atoms with Crippen LogP contribution in [0.4, 0.5) is 35.3 Å². The number of amides is 2. The number of aryl methyl sites for hydroxylation is 1. The number of thioether (sulfide) groups is 1. The van der Waals surface area contributed by atoms with Gasteiger partial charge in [-0.1, -0.05) is 0 Å². The average Bonchev–Trinajstić information content (AvgIpc) is 2.72. The summed E-state index contributed by atoms with van der Waals surface area (Å²) in [5.41, 5.74) is -3.93. The van der Waals surface area contributed by atoms with Gasteiger partial charge in [-0.3, -0.25) is 0 Å². The number of piperidine rings is 1. The smallest absolute Gasteiger partial charge is 0.368 e. The van der Waals surface area contributed by atoms with Gasteiger partial charge >= 0.3 is 11.5 Å². The summed E-state index contributed by atoms with van der Waals surface area (Å²) in [6.07, 6.45) is 3.57. The second-order valence-corrected chi connectivity index (χ2v) is 8.22. The number of alkyl halides is 3. The van der Waals surface area contributed by atoms with Crippen molar-refractivity contribution in [3.05, 3.63) is 36.2 Å². The van der Waals surface area contributed by atoms with Crippen molar-refractivity contribution in [2.24, 2.45) is 0 Å².